The summed E-state index contributed by atoms with van der Waals surface area (Å²) in [6.07, 6.45) is 0. The minimum absolute atomic E-state index is 0.0422. The van der Waals surface area contributed by atoms with E-state index in [9.17, 15) is 4.79 Å². The largest absolute Gasteiger partial charge is 0.368 e. The highest BCUT2D eigenvalue weighted by Gasteiger charge is 2.10. The molecule has 1 rings (SSSR count). The van der Waals surface area contributed by atoms with Crippen LogP contribution in [0.5, 0.6) is 0 Å². The highest BCUT2D eigenvalue weighted by atomic mass is 16.1. The molecule has 66 valence electrons. The number of nitrogens with zero attached hydrogens (tertiary/aromatic N) is 4. The molecule has 1 aromatic heterocycles. The molecule has 0 aromatic carbocycles. The van der Waals surface area contributed by atoms with Crippen LogP contribution in [0.2, 0.25) is 0 Å². The molecule has 0 spiro atoms. The summed E-state index contributed by atoms with van der Waals surface area (Å²) < 4.78 is 1.41. The first-order valence-corrected chi connectivity index (χ1v) is 3.65. The zero-order chi connectivity index (χ0) is 9.14. The molecule has 2 N–H and O–H groups in total. The molecule has 0 saturated heterocycles. The standard InChI is InChI=1S/C6H11N5O/c1-4(2)6-8-9-10-11(6)3-5(7)12/h4H,3H2,1-2H3,(H2,7,12). The Kier molecular flexibility index (Phi) is 2.37. The lowest BCUT2D eigenvalue weighted by Crippen LogP contribution is -2.21. The van der Waals surface area contributed by atoms with E-state index in [1.165, 1.54) is 4.68 Å². The van der Waals surface area contributed by atoms with Crippen molar-refractivity contribution in [3.8, 4) is 0 Å². The van der Waals surface area contributed by atoms with Gasteiger partial charge in [0.2, 0.25) is 5.91 Å². The number of carbonyl (C=O) groups excluding carboxylic acids is 1. The Morgan fingerprint density at radius 2 is 2.33 bits per heavy atom. The van der Waals surface area contributed by atoms with Crippen molar-refractivity contribution >= 4 is 5.91 Å². The zero-order valence-corrected chi connectivity index (χ0v) is 7.06. The van der Waals surface area contributed by atoms with Crippen LogP contribution < -0.4 is 5.73 Å². The van der Waals surface area contributed by atoms with Crippen LogP contribution in [0.25, 0.3) is 0 Å². The van der Waals surface area contributed by atoms with Crippen LogP contribution in [0.3, 0.4) is 0 Å². The van der Waals surface area contributed by atoms with Gasteiger partial charge in [0.05, 0.1) is 0 Å². The predicted molar refractivity (Wildman–Crippen MR) is 41.1 cm³/mol. The van der Waals surface area contributed by atoms with E-state index in [0.717, 1.165) is 0 Å². The fraction of sp³-hybridized carbons (Fsp3) is 0.667. The molecular formula is C6H11N5O. The fourth-order valence-corrected chi connectivity index (χ4v) is 0.885. The van der Waals surface area contributed by atoms with Gasteiger partial charge < -0.3 is 5.73 Å². The minimum atomic E-state index is -0.441. The molecule has 0 aliphatic carbocycles. The lowest BCUT2D eigenvalue weighted by molar-refractivity contribution is -0.118. The van der Waals surface area contributed by atoms with Crippen molar-refractivity contribution < 1.29 is 4.79 Å². The Labute approximate surface area is 69.7 Å². The number of tetrazole rings is 1. The summed E-state index contributed by atoms with van der Waals surface area (Å²) in [6, 6.07) is 0. The maximum Gasteiger partial charge on any atom is 0.239 e. The quantitative estimate of drug-likeness (QED) is 0.647. The van der Waals surface area contributed by atoms with Crippen LogP contribution in [-0.4, -0.2) is 26.1 Å². The van der Waals surface area contributed by atoms with Gasteiger partial charge in [-0.05, 0) is 10.4 Å². The second kappa shape index (κ2) is 3.29. The molecule has 1 heterocycles. The van der Waals surface area contributed by atoms with Gasteiger partial charge in [-0.1, -0.05) is 13.8 Å². The summed E-state index contributed by atoms with van der Waals surface area (Å²) in [7, 11) is 0. The molecule has 0 saturated carbocycles. The van der Waals surface area contributed by atoms with E-state index in [4.69, 9.17) is 5.73 Å². The molecule has 12 heavy (non-hydrogen) atoms. The Morgan fingerprint density at radius 1 is 1.67 bits per heavy atom. The van der Waals surface area contributed by atoms with Crippen LogP contribution in [-0.2, 0) is 11.3 Å². The van der Waals surface area contributed by atoms with Gasteiger partial charge >= 0.3 is 0 Å². The second-order valence-corrected chi connectivity index (χ2v) is 2.82. The normalized spacial score (nSPS) is 10.6. The van der Waals surface area contributed by atoms with Crippen LogP contribution in [0.4, 0.5) is 0 Å². The summed E-state index contributed by atoms with van der Waals surface area (Å²) in [5.74, 6) is 0.428. The van der Waals surface area contributed by atoms with Gasteiger partial charge in [-0.25, -0.2) is 4.68 Å². The van der Waals surface area contributed by atoms with Crippen molar-refractivity contribution in [3.05, 3.63) is 5.82 Å². The highest BCUT2D eigenvalue weighted by Crippen LogP contribution is 2.07. The molecule has 0 unspecified atom stereocenters. The van der Waals surface area contributed by atoms with Gasteiger partial charge in [-0.2, -0.15) is 0 Å². The van der Waals surface area contributed by atoms with Crippen molar-refractivity contribution in [2.75, 3.05) is 0 Å². The molecule has 0 atom stereocenters. The number of amides is 1. The summed E-state index contributed by atoms with van der Waals surface area (Å²) in [6.45, 7) is 3.94. The fourth-order valence-electron chi connectivity index (χ4n) is 0.885. The van der Waals surface area contributed by atoms with E-state index >= 15 is 0 Å². The molecule has 0 fully saturated rings. The van der Waals surface area contributed by atoms with E-state index < -0.39 is 5.91 Å². The van der Waals surface area contributed by atoms with Crippen LogP contribution in [0.15, 0.2) is 0 Å². The van der Waals surface area contributed by atoms with Crippen molar-refractivity contribution in [2.45, 2.75) is 26.3 Å². The van der Waals surface area contributed by atoms with Gasteiger partial charge in [-0.15, -0.1) is 5.10 Å². The number of primary amides is 1. The Hall–Kier alpha value is -1.46. The molecule has 0 radical (unpaired) electrons. The molecule has 0 bridgehead atoms. The number of rotatable bonds is 3. The third-order valence-corrected chi connectivity index (χ3v) is 1.38. The number of nitrogens with two attached hydrogens (primary N) is 1. The summed E-state index contributed by atoms with van der Waals surface area (Å²) in [4.78, 5) is 10.5. The molecule has 0 aliphatic rings. The van der Waals surface area contributed by atoms with Crippen molar-refractivity contribution in [3.63, 3.8) is 0 Å². The lowest BCUT2D eigenvalue weighted by Gasteiger charge is -2.03. The minimum Gasteiger partial charge on any atom is -0.368 e. The average Bonchev–Trinajstić information content (AvgIpc) is 2.33. The predicted octanol–water partition coefficient (Wildman–Crippen LogP) is -0.718. The number of aromatic nitrogens is 4. The summed E-state index contributed by atoms with van der Waals surface area (Å²) in [5.41, 5.74) is 5.00. The Morgan fingerprint density at radius 3 is 2.83 bits per heavy atom. The van der Waals surface area contributed by atoms with Gasteiger partial charge in [0.1, 0.15) is 6.54 Å². The maximum atomic E-state index is 10.5. The lowest BCUT2D eigenvalue weighted by atomic mass is 10.2. The average molecular weight is 169 g/mol. The molecule has 1 aromatic rings. The van der Waals surface area contributed by atoms with Gasteiger partial charge in [0, 0.05) is 5.92 Å². The van der Waals surface area contributed by atoms with E-state index in [2.05, 4.69) is 15.5 Å². The van der Waals surface area contributed by atoms with Gasteiger partial charge in [-0.3, -0.25) is 4.79 Å². The van der Waals surface area contributed by atoms with Gasteiger partial charge in [0.15, 0.2) is 5.82 Å². The van der Waals surface area contributed by atoms with Crippen LogP contribution >= 0.6 is 0 Å². The molecule has 1 amide bonds. The Bertz CT molecular complexity index is 279. The third kappa shape index (κ3) is 1.77. The first kappa shape index (κ1) is 8.63. The number of hydrogen-bond acceptors (Lipinski definition) is 4. The monoisotopic (exact) mass is 169 g/mol. The van der Waals surface area contributed by atoms with Crippen molar-refractivity contribution in [1.82, 2.24) is 20.2 Å². The van der Waals surface area contributed by atoms with Crippen molar-refractivity contribution in [2.24, 2.45) is 5.73 Å². The number of carbonyl (C=O) groups is 1. The first-order chi connectivity index (χ1) is 5.61. The summed E-state index contributed by atoms with van der Waals surface area (Å²) in [5, 5.41) is 10.8. The van der Waals surface area contributed by atoms with Gasteiger partial charge in [0.25, 0.3) is 0 Å². The number of hydrogen-bond donors (Lipinski definition) is 1. The molecule has 0 aliphatic heterocycles. The maximum absolute atomic E-state index is 10.5. The summed E-state index contributed by atoms with van der Waals surface area (Å²) >= 11 is 0. The molecule has 6 nitrogen and oxygen atoms in total. The smallest absolute Gasteiger partial charge is 0.239 e. The second-order valence-electron chi connectivity index (χ2n) is 2.82. The SMILES string of the molecule is CC(C)c1nnnn1CC(N)=O. The van der Waals surface area contributed by atoms with E-state index in [-0.39, 0.29) is 12.5 Å². The van der Waals surface area contributed by atoms with E-state index in [0.29, 0.717) is 5.82 Å². The highest BCUT2D eigenvalue weighted by molar-refractivity contribution is 5.73. The Balaban J connectivity index is 2.84. The molecule has 6 heteroatoms. The first-order valence-electron chi connectivity index (χ1n) is 3.65. The topological polar surface area (TPSA) is 86.7 Å². The van der Waals surface area contributed by atoms with E-state index in [1.54, 1.807) is 0 Å². The van der Waals surface area contributed by atoms with Crippen LogP contribution in [0.1, 0.15) is 25.6 Å². The van der Waals surface area contributed by atoms with E-state index in [1.807, 2.05) is 13.8 Å². The molecular weight excluding hydrogens is 158 g/mol. The van der Waals surface area contributed by atoms with Crippen molar-refractivity contribution in [1.29, 1.82) is 0 Å². The third-order valence-electron chi connectivity index (χ3n) is 1.38. The zero-order valence-electron chi connectivity index (χ0n) is 7.06. The van der Waals surface area contributed by atoms with Crippen LogP contribution in [0, 0.1) is 0 Å².